The van der Waals surface area contributed by atoms with Crippen molar-refractivity contribution in [3.8, 4) is 0 Å². The van der Waals surface area contributed by atoms with Crippen LogP contribution in [0.1, 0.15) is 0 Å². The summed E-state index contributed by atoms with van der Waals surface area (Å²) in [6.45, 7) is 4.82. The second kappa shape index (κ2) is 3.20. The Hall–Kier alpha value is -1.06. The molecule has 0 saturated carbocycles. The Kier molecular flexibility index (Phi) is 2.86. The van der Waals surface area contributed by atoms with Gasteiger partial charge in [-0.2, -0.15) is 0 Å². The molecule has 0 saturated heterocycles. The number of hydrogen-bond acceptors (Lipinski definition) is 0. The van der Waals surface area contributed by atoms with Gasteiger partial charge in [-0.25, -0.2) is 17.6 Å². The van der Waals surface area contributed by atoms with Crippen molar-refractivity contribution in [2.75, 3.05) is 0 Å². The van der Waals surface area contributed by atoms with Gasteiger partial charge in [-0.05, 0) is 0 Å². The molecule has 0 aromatic rings. The van der Waals surface area contributed by atoms with E-state index in [0.29, 0.717) is 0 Å². The predicted octanol–water partition coefficient (Wildman–Crippen LogP) is 3.10. The fraction of sp³-hybridized carbons (Fsp3) is 0. The first-order valence-electron chi connectivity index (χ1n) is 2.21. The second-order valence-electron chi connectivity index (χ2n) is 1.44. The van der Waals surface area contributed by atoms with Gasteiger partial charge in [0.15, 0.2) is 23.3 Å². The highest BCUT2D eigenvalue weighted by Gasteiger charge is 2.11. The van der Waals surface area contributed by atoms with Crippen molar-refractivity contribution >= 4 is 0 Å². The van der Waals surface area contributed by atoms with E-state index in [1.807, 2.05) is 0 Å². The molecule has 0 atom stereocenters. The molecule has 4 heteroatoms. The van der Waals surface area contributed by atoms with E-state index >= 15 is 0 Å². The molecule has 0 aromatic carbocycles. The summed E-state index contributed by atoms with van der Waals surface area (Å²) < 4.78 is 47.1. The Labute approximate surface area is 55.2 Å². The van der Waals surface area contributed by atoms with Gasteiger partial charge < -0.3 is 0 Å². The van der Waals surface area contributed by atoms with Crippen molar-refractivity contribution in [3.05, 3.63) is 36.5 Å². The molecule has 0 aliphatic rings. The highest BCUT2D eigenvalue weighted by molar-refractivity contribution is 5.28. The zero-order valence-electron chi connectivity index (χ0n) is 4.93. The lowest BCUT2D eigenvalue weighted by atomic mass is 10.4. The maximum absolute atomic E-state index is 11.9. The third kappa shape index (κ3) is 2.05. The SMILES string of the molecule is C=C(F)C(F)=C(F)C(=C)F. The lowest BCUT2D eigenvalue weighted by Crippen LogP contribution is -1.80. The molecule has 0 fully saturated rings. The zero-order valence-corrected chi connectivity index (χ0v) is 4.93. The van der Waals surface area contributed by atoms with E-state index in [9.17, 15) is 17.6 Å². The number of allylic oxidation sites excluding steroid dienone is 4. The molecule has 0 radical (unpaired) electrons. The molecule has 0 rings (SSSR count). The number of hydrogen-bond donors (Lipinski definition) is 0. The third-order valence-corrected chi connectivity index (χ3v) is 0.669. The molecular formula is C6H4F4. The minimum Gasteiger partial charge on any atom is -0.204 e. The molecule has 10 heavy (non-hydrogen) atoms. The molecule has 0 nitrogen and oxygen atoms in total. The van der Waals surface area contributed by atoms with Gasteiger partial charge in [0.05, 0.1) is 0 Å². The first-order chi connectivity index (χ1) is 4.46. The lowest BCUT2D eigenvalue weighted by molar-refractivity contribution is 0.471. The van der Waals surface area contributed by atoms with Crippen LogP contribution in [-0.2, 0) is 0 Å². The average molecular weight is 152 g/mol. The van der Waals surface area contributed by atoms with Crippen LogP contribution in [0.5, 0.6) is 0 Å². The van der Waals surface area contributed by atoms with Gasteiger partial charge in [-0.1, -0.05) is 13.2 Å². The van der Waals surface area contributed by atoms with E-state index in [1.165, 1.54) is 0 Å². The van der Waals surface area contributed by atoms with Crippen LogP contribution in [-0.4, -0.2) is 0 Å². The molecule has 0 heterocycles. The van der Waals surface area contributed by atoms with Crippen molar-refractivity contribution in [1.82, 2.24) is 0 Å². The van der Waals surface area contributed by atoms with E-state index in [-0.39, 0.29) is 0 Å². The Bertz CT molecular complexity index is 180. The Balaban J connectivity index is 4.67. The van der Waals surface area contributed by atoms with Gasteiger partial charge in [0.2, 0.25) is 0 Å². The Morgan fingerprint density at radius 2 is 0.900 bits per heavy atom. The van der Waals surface area contributed by atoms with E-state index in [0.717, 1.165) is 0 Å². The van der Waals surface area contributed by atoms with E-state index < -0.39 is 23.3 Å². The van der Waals surface area contributed by atoms with Gasteiger partial charge in [-0.3, -0.25) is 0 Å². The first kappa shape index (κ1) is 8.94. The summed E-state index contributed by atoms with van der Waals surface area (Å²) in [5.41, 5.74) is 0. The van der Waals surface area contributed by atoms with Crippen LogP contribution in [0.2, 0.25) is 0 Å². The molecule has 56 valence electrons. The molecule has 0 aliphatic heterocycles. The van der Waals surface area contributed by atoms with Gasteiger partial charge in [-0.15, -0.1) is 0 Å². The first-order valence-corrected chi connectivity index (χ1v) is 2.21. The average Bonchev–Trinajstić information content (AvgIpc) is 1.84. The summed E-state index contributed by atoms with van der Waals surface area (Å²) in [5, 5.41) is 0. The van der Waals surface area contributed by atoms with Crippen LogP contribution in [0.4, 0.5) is 17.6 Å². The van der Waals surface area contributed by atoms with Crippen LogP contribution in [0.15, 0.2) is 36.5 Å². The maximum atomic E-state index is 11.9. The van der Waals surface area contributed by atoms with Gasteiger partial charge in [0, 0.05) is 0 Å². The summed E-state index contributed by atoms with van der Waals surface area (Å²) >= 11 is 0. The minimum absolute atomic E-state index is 1.66. The number of rotatable bonds is 2. The Morgan fingerprint density at radius 1 is 0.700 bits per heavy atom. The molecule has 0 unspecified atom stereocenters. The molecule has 0 N–H and O–H groups in total. The third-order valence-electron chi connectivity index (χ3n) is 0.669. The molecule has 0 amide bonds. The maximum Gasteiger partial charge on any atom is 0.196 e. The Morgan fingerprint density at radius 3 is 1.00 bits per heavy atom. The minimum atomic E-state index is -1.95. The largest absolute Gasteiger partial charge is 0.204 e. The summed E-state index contributed by atoms with van der Waals surface area (Å²) in [4.78, 5) is 0. The topological polar surface area (TPSA) is 0 Å². The van der Waals surface area contributed by atoms with Crippen LogP contribution in [0.3, 0.4) is 0 Å². The van der Waals surface area contributed by atoms with Crippen molar-refractivity contribution < 1.29 is 17.6 Å². The highest BCUT2D eigenvalue weighted by Crippen LogP contribution is 2.22. The van der Waals surface area contributed by atoms with Gasteiger partial charge in [0.1, 0.15) is 0 Å². The normalized spacial score (nSPS) is 12.4. The van der Waals surface area contributed by atoms with E-state index in [1.54, 1.807) is 0 Å². The summed E-state index contributed by atoms with van der Waals surface area (Å²) in [6.07, 6.45) is 0. The smallest absolute Gasteiger partial charge is 0.196 e. The fourth-order valence-corrected chi connectivity index (χ4v) is 0.238. The van der Waals surface area contributed by atoms with Crippen LogP contribution in [0, 0.1) is 0 Å². The molecule has 0 aliphatic carbocycles. The van der Waals surface area contributed by atoms with Crippen LogP contribution >= 0.6 is 0 Å². The quantitative estimate of drug-likeness (QED) is 0.421. The summed E-state index contributed by atoms with van der Waals surface area (Å²) in [5.74, 6) is -7.22. The van der Waals surface area contributed by atoms with E-state index in [4.69, 9.17) is 0 Å². The number of halogens is 4. The van der Waals surface area contributed by atoms with Crippen LogP contribution in [0.25, 0.3) is 0 Å². The van der Waals surface area contributed by atoms with Gasteiger partial charge >= 0.3 is 0 Å². The lowest BCUT2D eigenvalue weighted by Gasteiger charge is -1.91. The fourth-order valence-electron chi connectivity index (χ4n) is 0.238. The monoisotopic (exact) mass is 152 g/mol. The predicted molar refractivity (Wildman–Crippen MR) is 29.7 cm³/mol. The van der Waals surface area contributed by atoms with Crippen molar-refractivity contribution in [1.29, 1.82) is 0 Å². The zero-order chi connectivity index (χ0) is 8.31. The highest BCUT2D eigenvalue weighted by atomic mass is 19.2. The molecular weight excluding hydrogens is 148 g/mol. The van der Waals surface area contributed by atoms with Crippen molar-refractivity contribution in [2.24, 2.45) is 0 Å². The van der Waals surface area contributed by atoms with E-state index in [2.05, 4.69) is 13.2 Å². The van der Waals surface area contributed by atoms with Crippen molar-refractivity contribution in [3.63, 3.8) is 0 Å². The second-order valence-corrected chi connectivity index (χ2v) is 1.44. The van der Waals surface area contributed by atoms with Crippen molar-refractivity contribution in [2.45, 2.75) is 0 Å². The summed E-state index contributed by atoms with van der Waals surface area (Å²) in [7, 11) is 0. The molecule has 0 spiro atoms. The standard InChI is InChI=1S/C6H4F4/c1-3(7)5(9)6(10)4(2)8/h1-2H2. The molecule has 0 aromatic heterocycles. The van der Waals surface area contributed by atoms with Crippen LogP contribution < -0.4 is 0 Å². The molecule has 0 bridgehead atoms. The summed E-state index contributed by atoms with van der Waals surface area (Å²) in [6, 6.07) is 0. The van der Waals surface area contributed by atoms with Gasteiger partial charge in [0.25, 0.3) is 0 Å².